The number of anilines is 1. The van der Waals surface area contributed by atoms with Gasteiger partial charge < -0.3 is 23.7 Å². The predicted octanol–water partition coefficient (Wildman–Crippen LogP) is 5.22. The molecule has 180 valence electrons. The van der Waals surface area contributed by atoms with Crippen LogP contribution in [0, 0.1) is 0 Å². The van der Waals surface area contributed by atoms with Gasteiger partial charge >= 0.3 is 6.09 Å². The first-order chi connectivity index (χ1) is 16.0. The van der Waals surface area contributed by atoms with E-state index in [2.05, 4.69) is 5.32 Å². The van der Waals surface area contributed by atoms with Crippen LogP contribution in [0.2, 0.25) is 0 Å². The van der Waals surface area contributed by atoms with Crippen molar-refractivity contribution in [3.05, 3.63) is 65.7 Å². The SMILES string of the molecule is CC.CO[C@@H]1[C@@H](OC)[C@@H](OC)C(OC(=O)Nc2ccc(/C=C/c3ccccc3)cc2)O[C@H]1C. The number of carbonyl (C=O) groups is 1. The van der Waals surface area contributed by atoms with Gasteiger partial charge in [0.1, 0.15) is 18.3 Å². The van der Waals surface area contributed by atoms with Crippen molar-refractivity contribution in [3.63, 3.8) is 0 Å². The van der Waals surface area contributed by atoms with E-state index in [4.69, 9.17) is 23.7 Å². The zero-order valence-corrected chi connectivity index (χ0v) is 20.2. The van der Waals surface area contributed by atoms with Crippen LogP contribution >= 0.6 is 0 Å². The van der Waals surface area contributed by atoms with Crippen LogP contribution in [0.25, 0.3) is 12.2 Å². The van der Waals surface area contributed by atoms with E-state index in [1.54, 1.807) is 14.2 Å². The molecule has 3 rings (SSSR count). The number of benzene rings is 2. The maximum Gasteiger partial charge on any atom is 0.414 e. The molecule has 1 saturated heterocycles. The van der Waals surface area contributed by atoms with Crippen LogP contribution in [0.3, 0.4) is 0 Å². The molecule has 1 amide bonds. The Kier molecular flexibility index (Phi) is 11.1. The van der Waals surface area contributed by atoms with E-state index in [0.29, 0.717) is 5.69 Å². The van der Waals surface area contributed by atoms with Gasteiger partial charge in [0.25, 0.3) is 0 Å². The molecule has 0 saturated carbocycles. The Balaban J connectivity index is 0.00000187. The molecule has 1 unspecified atom stereocenters. The summed E-state index contributed by atoms with van der Waals surface area (Å²) >= 11 is 0. The lowest BCUT2D eigenvalue weighted by Gasteiger charge is -2.43. The molecule has 0 bridgehead atoms. The lowest BCUT2D eigenvalue weighted by molar-refractivity contribution is -0.288. The molecular formula is C26H35NO6. The molecule has 1 N–H and O–H groups in total. The number of rotatable bonds is 7. The average molecular weight is 458 g/mol. The van der Waals surface area contributed by atoms with Gasteiger partial charge in [0.15, 0.2) is 0 Å². The molecule has 0 spiro atoms. The topological polar surface area (TPSA) is 75.2 Å². The van der Waals surface area contributed by atoms with Crippen LogP contribution in [-0.2, 0) is 23.7 Å². The number of ether oxygens (including phenoxy) is 5. The van der Waals surface area contributed by atoms with Gasteiger partial charge in [-0.2, -0.15) is 0 Å². The van der Waals surface area contributed by atoms with E-state index in [-0.39, 0.29) is 12.2 Å². The number of amides is 1. The highest BCUT2D eigenvalue weighted by Gasteiger charge is 2.47. The first-order valence-corrected chi connectivity index (χ1v) is 11.1. The number of carbonyl (C=O) groups excluding carboxylic acids is 1. The molecular weight excluding hydrogens is 422 g/mol. The van der Waals surface area contributed by atoms with Crippen molar-refractivity contribution in [2.24, 2.45) is 0 Å². The van der Waals surface area contributed by atoms with Gasteiger partial charge in [-0.1, -0.05) is 68.5 Å². The van der Waals surface area contributed by atoms with Crippen molar-refractivity contribution in [3.8, 4) is 0 Å². The summed E-state index contributed by atoms with van der Waals surface area (Å²) in [6.07, 6.45) is 0.735. The molecule has 0 radical (unpaired) electrons. The van der Waals surface area contributed by atoms with E-state index in [0.717, 1.165) is 11.1 Å². The summed E-state index contributed by atoms with van der Waals surface area (Å²) in [5.41, 5.74) is 2.74. The minimum absolute atomic E-state index is 0.338. The second-order valence-electron chi connectivity index (χ2n) is 7.21. The molecule has 7 nitrogen and oxygen atoms in total. The van der Waals surface area contributed by atoms with Crippen molar-refractivity contribution in [1.82, 2.24) is 0 Å². The molecule has 1 heterocycles. The van der Waals surface area contributed by atoms with Gasteiger partial charge in [0.05, 0.1) is 6.10 Å². The van der Waals surface area contributed by atoms with Gasteiger partial charge in [-0.3, -0.25) is 5.32 Å². The van der Waals surface area contributed by atoms with E-state index in [9.17, 15) is 4.79 Å². The smallest absolute Gasteiger partial charge is 0.414 e. The maximum absolute atomic E-state index is 12.4. The standard InChI is InChI=1S/C24H29NO6.C2H6/c1-16-20(27-2)21(28-3)22(29-4)23(30-16)31-24(26)25-19-14-12-18(13-15-19)11-10-17-8-6-5-7-9-17;1-2/h5-16,20-23H,1-4H3,(H,25,26);1-2H3/b11-10+;/t16-,20-,21+,22+,23?;/m0./s1. The van der Waals surface area contributed by atoms with Crippen molar-refractivity contribution in [1.29, 1.82) is 0 Å². The zero-order valence-electron chi connectivity index (χ0n) is 20.2. The third-order valence-electron chi connectivity index (χ3n) is 5.19. The lowest BCUT2D eigenvalue weighted by atomic mass is 9.99. The minimum atomic E-state index is -0.926. The Morgan fingerprint density at radius 3 is 1.91 bits per heavy atom. The Bertz CT molecular complexity index is 855. The second-order valence-corrected chi connectivity index (χ2v) is 7.21. The summed E-state index contributed by atoms with van der Waals surface area (Å²) in [7, 11) is 4.65. The highest BCUT2D eigenvalue weighted by molar-refractivity contribution is 5.85. The molecule has 2 aromatic carbocycles. The van der Waals surface area contributed by atoms with Gasteiger partial charge in [-0.25, -0.2) is 4.79 Å². The molecule has 1 fully saturated rings. The second kappa shape index (κ2) is 13.7. The van der Waals surface area contributed by atoms with Crippen molar-refractivity contribution < 1.29 is 28.5 Å². The first-order valence-electron chi connectivity index (χ1n) is 11.1. The molecule has 5 atom stereocenters. The summed E-state index contributed by atoms with van der Waals surface area (Å²) in [5, 5.41) is 2.71. The summed E-state index contributed by atoms with van der Waals surface area (Å²) in [4.78, 5) is 12.4. The van der Waals surface area contributed by atoms with E-state index in [1.165, 1.54) is 7.11 Å². The van der Waals surface area contributed by atoms with Crippen LogP contribution in [0.4, 0.5) is 10.5 Å². The molecule has 1 aliphatic rings. The van der Waals surface area contributed by atoms with E-state index in [1.807, 2.05) is 87.5 Å². The van der Waals surface area contributed by atoms with Gasteiger partial charge in [-0.05, 0) is 30.2 Å². The summed E-state index contributed by atoms with van der Waals surface area (Å²) in [5.74, 6) is 0. The van der Waals surface area contributed by atoms with Crippen LogP contribution in [0.15, 0.2) is 54.6 Å². The minimum Gasteiger partial charge on any atom is -0.416 e. The molecule has 0 aromatic heterocycles. The van der Waals surface area contributed by atoms with E-state index >= 15 is 0 Å². The Morgan fingerprint density at radius 2 is 1.36 bits per heavy atom. The fraction of sp³-hybridized carbons (Fsp3) is 0.423. The lowest BCUT2D eigenvalue weighted by Crippen LogP contribution is -2.59. The van der Waals surface area contributed by atoms with Crippen molar-refractivity contribution in [2.45, 2.75) is 51.5 Å². The largest absolute Gasteiger partial charge is 0.416 e. The van der Waals surface area contributed by atoms with Crippen molar-refractivity contribution >= 4 is 23.9 Å². The number of methoxy groups -OCH3 is 3. The third kappa shape index (κ3) is 7.40. The fourth-order valence-electron chi connectivity index (χ4n) is 3.60. The number of hydrogen-bond donors (Lipinski definition) is 1. The normalized spacial score (nSPS) is 24.6. The number of hydrogen-bond acceptors (Lipinski definition) is 6. The van der Waals surface area contributed by atoms with Gasteiger partial charge in [-0.15, -0.1) is 0 Å². The Hall–Kier alpha value is -2.71. The van der Waals surface area contributed by atoms with E-state index < -0.39 is 24.6 Å². The molecule has 33 heavy (non-hydrogen) atoms. The Morgan fingerprint density at radius 1 is 0.818 bits per heavy atom. The average Bonchev–Trinajstić information content (AvgIpc) is 2.85. The first kappa shape index (κ1) is 26.5. The molecule has 7 heteroatoms. The predicted molar refractivity (Wildman–Crippen MR) is 130 cm³/mol. The monoisotopic (exact) mass is 457 g/mol. The van der Waals surface area contributed by atoms with Crippen LogP contribution in [0.5, 0.6) is 0 Å². The molecule has 0 aliphatic carbocycles. The summed E-state index contributed by atoms with van der Waals surface area (Å²) in [6.45, 7) is 5.84. The van der Waals surface area contributed by atoms with Crippen LogP contribution in [-0.4, -0.2) is 58.1 Å². The zero-order chi connectivity index (χ0) is 24.2. The fourth-order valence-corrected chi connectivity index (χ4v) is 3.60. The van der Waals surface area contributed by atoms with Gasteiger partial charge in [0.2, 0.25) is 6.29 Å². The summed E-state index contributed by atoms with van der Waals surface area (Å²) < 4.78 is 27.7. The van der Waals surface area contributed by atoms with Gasteiger partial charge in [0, 0.05) is 27.0 Å². The quantitative estimate of drug-likeness (QED) is 0.575. The van der Waals surface area contributed by atoms with Crippen LogP contribution < -0.4 is 5.32 Å². The third-order valence-corrected chi connectivity index (χ3v) is 5.19. The van der Waals surface area contributed by atoms with Crippen LogP contribution in [0.1, 0.15) is 31.9 Å². The Labute approximate surface area is 196 Å². The molecule has 2 aromatic rings. The molecule has 1 aliphatic heterocycles. The maximum atomic E-state index is 12.4. The highest BCUT2D eigenvalue weighted by Crippen LogP contribution is 2.28. The highest BCUT2D eigenvalue weighted by atomic mass is 16.7. The number of nitrogens with one attached hydrogen (secondary N) is 1. The van der Waals surface area contributed by atoms with Crippen molar-refractivity contribution in [2.75, 3.05) is 26.6 Å². The summed E-state index contributed by atoms with van der Waals surface area (Å²) in [6, 6.07) is 17.5.